The Hall–Kier alpha value is -2.33. The number of hydrogen-bond acceptors (Lipinski definition) is 3. The summed E-state index contributed by atoms with van der Waals surface area (Å²) in [6.07, 6.45) is 0. The predicted octanol–water partition coefficient (Wildman–Crippen LogP) is 2.61. The van der Waals surface area contributed by atoms with Gasteiger partial charge in [0.05, 0.1) is 6.61 Å². The Kier molecular flexibility index (Phi) is 4.74. The zero-order valence-corrected chi connectivity index (χ0v) is 11.7. The number of carbonyl (C=O) groups excluding carboxylic acids is 1. The molecule has 0 bridgehead atoms. The van der Waals surface area contributed by atoms with Gasteiger partial charge in [0.15, 0.2) is 0 Å². The molecule has 0 atom stereocenters. The van der Waals surface area contributed by atoms with E-state index in [4.69, 9.17) is 4.84 Å². The Morgan fingerprint density at radius 1 is 1.10 bits per heavy atom. The topological polar surface area (TPSA) is 41.6 Å². The largest absolute Gasteiger partial charge is 0.378 e. The lowest BCUT2D eigenvalue weighted by Crippen LogP contribution is -2.23. The van der Waals surface area contributed by atoms with Crippen LogP contribution in [0.3, 0.4) is 0 Å². The monoisotopic (exact) mass is 270 g/mol. The van der Waals surface area contributed by atoms with Gasteiger partial charge < -0.3 is 4.90 Å². The van der Waals surface area contributed by atoms with Crippen LogP contribution in [0.25, 0.3) is 0 Å². The standard InChI is InChI=1S/C16H18N2O2/c1-18(2)15-10-6-9-14(11-15)16(19)17-20-12-13-7-4-3-5-8-13/h3-11H,12H2,1-2H3,(H,17,19). The van der Waals surface area contributed by atoms with Crippen LogP contribution in [0.4, 0.5) is 5.69 Å². The molecule has 0 fully saturated rings. The van der Waals surface area contributed by atoms with Crippen molar-refractivity contribution in [3.05, 3.63) is 65.7 Å². The van der Waals surface area contributed by atoms with Crippen LogP contribution in [0.1, 0.15) is 15.9 Å². The third-order valence-electron chi connectivity index (χ3n) is 2.87. The Balaban J connectivity index is 1.90. The van der Waals surface area contributed by atoms with Gasteiger partial charge in [-0.25, -0.2) is 5.48 Å². The quantitative estimate of drug-likeness (QED) is 0.849. The van der Waals surface area contributed by atoms with Gasteiger partial charge in [0.2, 0.25) is 0 Å². The summed E-state index contributed by atoms with van der Waals surface area (Å²) in [5.74, 6) is -0.246. The first kappa shape index (κ1) is 14.1. The second-order valence-corrected chi connectivity index (χ2v) is 4.65. The Morgan fingerprint density at radius 2 is 1.85 bits per heavy atom. The molecule has 0 heterocycles. The number of rotatable bonds is 5. The van der Waals surface area contributed by atoms with Crippen molar-refractivity contribution in [2.75, 3.05) is 19.0 Å². The van der Waals surface area contributed by atoms with Crippen molar-refractivity contribution in [2.45, 2.75) is 6.61 Å². The average molecular weight is 270 g/mol. The van der Waals surface area contributed by atoms with E-state index in [0.717, 1.165) is 11.3 Å². The van der Waals surface area contributed by atoms with Crippen molar-refractivity contribution in [2.24, 2.45) is 0 Å². The molecule has 0 aliphatic rings. The molecule has 2 rings (SSSR count). The number of benzene rings is 2. The highest BCUT2D eigenvalue weighted by atomic mass is 16.6. The van der Waals surface area contributed by atoms with Crippen LogP contribution in [-0.4, -0.2) is 20.0 Å². The molecule has 0 unspecified atom stereocenters. The Morgan fingerprint density at radius 3 is 2.55 bits per heavy atom. The second-order valence-electron chi connectivity index (χ2n) is 4.65. The summed E-state index contributed by atoms with van der Waals surface area (Å²) in [5.41, 5.74) is 5.01. The summed E-state index contributed by atoms with van der Waals surface area (Å²) in [7, 11) is 3.87. The number of nitrogens with zero attached hydrogens (tertiary/aromatic N) is 1. The predicted molar refractivity (Wildman–Crippen MR) is 79.5 cm³/mol. The third kappa shape index (κ3) is 3.83. The fraction of sp³-hybridized carbons (Fsp3) is 0.188. The molecule has 0 spiro atoms. The first-order chi connectivity index (χ1) is 9.66. The zero-order chi connectivity index (χ0) is 14.4. The summed E-state index contributed by atoms with van der Waals surface area (Å²) in [4.78, 5) is 19.1. The van der Waals surface area contributed by atoms with Crippen LogP contribution < -0.4 is 10.4 Å². The molecule has 0 saturated carbocycles. The lowest BCUT2D eigenvalue weighted by atomic mass is 10.2. The van der Waals surface area contributed by atoms with E-state index in [1.54, 1.807) is 6.07 Å². The number of hydrogen-bond donors (Lipinski definition) is 1. The van der Waals surface area contributed by atoms with Crippen LogP contribution in [0.5, 0.6) is 0 Å². The number of anilines is 1. The van der Waals surface area contributed by atoms with E-state index >= 15 is 0 Å². The number of nitrogens with one attached hydrogen (secondary N) is 1. The maximum atomic E-state index is 12.0. The molecule has 2 aromatic carbocycles. The van der Waals surface area contributed by atoms with Crippen molar-refractivity contribution in [3.63, 3.8) is 0 Å². The number of carbonyl (C=O) groups is 1. The van der Waals surface area contributed by atoms with Gasteiger partial charge in [0.25, 0.3) is 5.91 Å². The summed E-state index contributed by atoms with van der Waals surface area (Å²) < 4.78 is 0. The minimum Gasteiger partial charge on any atom is -0.378 e. The van der Waals surface area contributed by atoms with E-state index in [1.807, 2.05) is 67.5 Å². The lowest BCUT2D eigenvalue weighted by Gasteiger charge is -2.13. The molecule has 0 aliphatic carbocycles. The number of amides is 1. The minimum atomic E-state index is -0.246. The first-order valence-electron chi connectivity index (χ1n) is 6.40. The summed E-state index contributed by atoms with van der Waals surface area (Å²) in [5, 5.41) is 0. The minimum absolute atomic E-state index is 0.246. The highest BCUT2D eigenvalue weighted by molar-refractivity contribution is 5.94. The molecule has 0 aromatic heterocycles. The van der Waals surface area contributed by atoms with E-state index < -0.39 is 0 Å². The highest BCUT2D eigenvalue weighted by Gasteiger charge is 2.06. The molecule has 1 N–H and O–H groups in total. The molecule has 0 radical (unpaired) electrons. The van der Waals surface area contributed by atoms with Gasteiger partial charge in [-0.15, -0.1) is 0 Å². The van der Waals surface area contributed by atoms with Crippen LogP contribution in [0.15, 0.2) is 54.6 Å². The molecule has 0 aliphatic heterocycles. The molecule has 4 nitrogen and oxygen atoms in total. The van der Waals surface area contributed by atoms with Crippen molar-refractivity contribution in [3.8, 4) is 0 Å². The molecule has 4 heteroatoms. The SMILES string of the molecule is CN(C)c1cccc(C(=O)NOCc2ccccc2)c1. The Bertz CT molecular complexity index is 568. The maximum Gasteiger partial charge on any atom is 0.274 e. The van der Waals surface area contributed by atoms with Crippen molar-refractivity contribution >= 4 is 11.6 Å². The van der Waals surface area contributed by atoms with Gasteiger partial charge in [-0.1, -0.05) is 36.4 Å². The number of hydroxylamine groups is 1. The van der Waals surface area contributed by atoms with Crippen molar-refractivity contribution in [1.82, 2.24) is 5.48 Å². The van der Waals surface area contributed by atoms with Crippen LogP contribution in [-0.2, 0) is 11.4 Å². The molecule has 0 saturated heterocycles. The van der Waals surface area contributed by atoms with Gasteiger partial charge >= 0.3 is 0 Å². The first-order valence-corrected chi connectivity index (χ1v) is 6.40. The van der Waals surface area contributed by atoms with Gasteiger partial charge in [-0.2, -0.15) is 0 Å². The van der Waals surface area contributed by atoms with E-state index in [0.29, 0.717) is 12.2 Å². The maximum absolute atomic E-state index is 12.0. The lowest BCUT2D eigenvalue weighted by molar-refractivity contribution is 0.0233. The summed E-state index contributed by atoms with van der Waals surface area (Å²) in [6, 6.07) is 17.1. The average Bonchev–Trinajstić information content (AvgIpc) is 2.48. The molecule has 20 heavy (non-hydrogen) atoms. The van der Waals surface area contributed by atoms with E-state index in [2.05, 4.69) is 5.48 Å². The fourth-order valence-corrected chi connectivity index (χ4v) is 1.74. The van der Waals surface area contributed by atoms with Gasteiger partial charge in [0.1, 0.15) is 0 Å². The summed E-state index contributed by atoms with van der Waals surface area (Å²) in [6.45, 7) is 0.347. The van der Waals surface area contributed by atoms with Crippen molar-refractivity contribution < 1.29 is 9.63 Å². The van der Waals surface area contributed by atoms with E-state index in [1.165, 1.54) is 0 Å². The van der Waals surface area contributed by atoms with Crippen LogP contribution in [0, 0.1) is 0 Å². The fourth-order valence-electron chi connectivity index (χ4n) is 1.74. The van der Waals surface area contributed by atoms with Gasteiger partial charge in [0, 0.05) is 25.3 Å². The Labute approximate surface area is 118 Å². The summed E-state index contributed by atoms with van der Waals surface area (Å²) >= 11 is 0. The normalized spacial score (nSPS) is 10.1. The molecular formula is C16H18N2O2. The zero-order valence-electron chi connectivity index (χ0n) is 11.7. The highest BCUT2D eigenvalue weighted by Crippen LogP contribution is 2.13. The molecule has 104 valence electrons. The molecular weight excluding hydrogens is 252 g/mol. The van der Waals surface area contributed by atoms with Gasteiger partial charge in [-0.05, 0) is 23.8 Å². The van der Waals surface area contributed by atoms with Crippen LogP contribution >= 0.6 is 0 Å². The molecule has 1 amide bonds. The van der Waals surface area contributed by atoms with Crippen molar-refractivity contribution in [1.29, 1.82) is 0 Å². The van der Waals surface area contributed by atoms with Gasteiger partial charge in [-0.3, -0.25) is 9.63 Å². The van der Waals surface area contributed by atoms with Crippen LogP contribution in [0.2, 0.25) is 0 Å². The smallest absolute Gasteiger partial charge is 0.274 e. The molecule has 2 aromatic rings. The third-order valence-corrected chi connectivity index (χ3v) is 2.87. The van der Waals surface area contributed by atoms with E-state index in [-0.39, 0.29) is 5.91 Å². The van der Waals surface area contributed by atoms with E-state index in [9.17, 15) is 4.79 Å². The second kappa shape index (κ2) is 6.73.